The van der Waals surface area contributed by atoms with E-state index in [-0.39, 0.29) is 0 Å². The number of nitrogens with zero attached hydrogens (tertiary/aromatic N) is 3. The fourth-order valence-corrected chi connectivity index (χ4v) is 0.820. The van der Waals surface area contributed by atoms with Gasteiger partial charge >= 0.3 is 0 Å². The molecule has 0 amide bonds. The van der Waals surface area contributed by atoms with Crippen LogP contribution < -0.4 is 0 Å². The maximum absolute atomic E-state index is 3.97. The Morgan fingerprint density at radius 1 is 1.00 bits per heavy atom. The van der Waals surface area contributed by atoms with E-state index in [0.29, 0.717) is 0 Å². The first-order chi connectivity index (χ1) is 5.45. The summed E-state index contributed by atoms with van der Waals surface area (Å²) in [5, 5.41) is 0. The molecule has 0 N–H and O–H groups in total. The van der Waals surface area contributed by atoms with Crippen molar-refractivity contribution >= 4 is 0 Å². The summed E-state index contributed by atoms with van der Waals surface area (Å²) >= 11 is 0. The molecular formula is C9H21N3. The van der Waals surface area contributed by atoms with E-state index in [4.69, 9.17) is 0 Å². The van der Waals surface area contributed by atoms with Crippen LogP contribution >= 0.6 is 0 Å². The molecule has 3 nitrogen and oxygen atoms in total. The van der Waals surface area contributed by atoms with Gasteiger partial charge in [0.15, 0.2) is 0 Å². The summed E-state index contributed by atoms with van der Waals surface area (Å²) in [6.07, 6.45) is 0. The first-order valence-electron chi connectivity index (χ1n) is 4.17. The molecule has 0 spiro atoms. The van der Waals surface area contributed by atoms with Crippen molar-refractivity contribution in [3.05, 3.63) is 12.4 Å². The minimum Gasteiger partial charge on any atom is -0.365 e. The smallest absolute Gasteiger partial charge is 0.0957 e. The normalized spacial score (nSPS) is 10.2. The quantitative estimate of drug-likeness (QED) is 0.597. The van der Waals surface area contributed by atoms with Gasteiger partial charge in [-0.2, -0.15) is 0 Å². The second kappa shape index (κ2) is 5.04. The summed E-state index contributed by atoms with van der Waals surface area (Å²) in [7, 11) is 10.2. The van der Waals surface area contributed by atoms with Gasteiger partial charge in [0.2, 0.25) is 0 Å². The lowest BCUT2D eigenvalue weighted by Gasteiger charge is -2.28. The zero-order valence-electron chi connectivity index (χ0n) is 8.96. The highest BCUT2D eigenvalue weighted by molar-refractivity contribution is 4.88. The Morgan fingerprint density at radius 2 is 1.50 bits per heavy atom. The maximum Gasteiger partial charge on any atom is 0.0957 e. The van der Waals surface area contributed by atoms with Crippen LogP contribution in [0.25, 0.3) is 0 Å². The molecule has 0 aliphatic carbocycles. The monoisotopic (exact) mass is 171 g/mol. The fourth-order valence-electron chi connectivity index (χ4n) is 0.820. The van der Waals surface area contributed by atoms with E-state index < -0.39 is 0 Å². The lowest BCUT2D eigenvalue weighted by atomic mass is 10.5. The molecule has 0 unspecified atom stereocenters. The third kappa shape index (κ3) is 4.23. The molecule has 0 aromatic rings. The molecule has 3 heteroatoms. The van der Waals surface area contributed by atoms with Gasteiger partial charge in [0.05, 0.1) is 5.82 Å². The Balaban J connectivity index is 3.72. The van der Waals surface area contributed by atoms with Gasteiger partial charge in [-0.05, 0) is 14.1 Å². The average Bonchev–Trinajstić information content (AvgIpc) is 1.98. The molecule has 0 aromatic carbocycles. The van der Waals surface area contributed by atoms with Crippen LogP contribution in [0.4, 0.5) is 0 Å². The van der Waals surface area contributed by atoms with E-state index in [9.17, 15) is 0 Å². The molecule has 0 saturated heterocycles. The summed E-state index contributed by atoms with van der Waals surface area (Å²) < 4.78 is 0. The third-order valence-corrected chi connectivity index (χ3v) is 1.84. The van der Waals surface area contributed by atoms with Crippen LogP contribution in [0.2, 0.25) is 0 Å². The molecular weight excluding hydrogens is 150 g/mol. The third-order valence-electron chi connectivity index (χ3n) is 1.84. The lowest BCUT2D eigenvalue weighted by molar-refractivity contribution is 0.268. The highest BCUT2D eigenvalue weighted by Crippen LogP contribution is 1.99. The van der Waals surface area contributed by atoms with Gasteiger partial charge in [-0.25, -0.2) is 0 Å². The SMILES string of the molecule is C=C(N(C)C)N(C)CCN(C)C. The molecule has 0 atom stereocenters. The van der Waals surface area contributed by atoms with E-state index in [1.165, 1.54) is 0 Å². The predicted octanol–water partition coefficient (Wildman–Crippen LogP) is 0.513. The Labute approximate surface area is 76.2 Å². The fraction of sp³-hybridized carbons (Fsp3) is 0.778. The Kier molecular flexibility index (Phi) is 4.74. The van der Waals surface area contributed by atoms with Crippen LogP contribution in [0.5, 0.6) is 0 Å². The van der Waals surface area contributed by atoms with E-state index in [2.05, 4.69) is 37.5 Å². The Hall–Kier alpha value is -0.700. The van der Waals surface area contributed by atoms with E-state index in [1.54, 1.807) is 0 Å². The van der Waals surface area contributed by atoms with Crippen LogP contribution in [0.1, 0.15) is 0 Å². The molecule has 0 aliphatic heterocycles. The van der Waals surface area contributed by atoms with Crippen molar-refractivity contribution in [2.24, 2.45) is 0 Å². The summed E-state index contributed by atoms with van der Waals surface area (Å²) in [6, 6.07) is 0. The molecule has 72 valence electrons. The van der Waals surface area contributed by atoms with Crippen molar-refractivity contribution in [2.45, 2.75) is 0 Å². The van der Waals surface area contributed by atoms with Crippen molar-refractivity contribution in [3.63, 3.8) is 0 Å². The largest absolute Gasteiger partial charge is 0.365 e. The number of hydrogen-bond donors (Lipinski definition) is 0. The Morgan fingerprint density at radius 3 is 1.83 bits per heavy atom. The average molecular weight is 171 g/mol. The standard InChI is InChI=1S/C9H21N3/c1-9(11(4)5)12(6)8-7-10(2)3/h1,7-8H2,2-6H3. The zero-order chi connectivity index (χ0) is 9.72. The lowest BCUT2D eigenvalue weighted by Crippen LogP contribution is -2.32. The first kappa shape index (κ1) is 11.3. The van der Waals surface area contributed by atoms with Gasteiger partial charge in [0.25, 0.3) is 0 Å². The number of hydrogen-bond acceptors (Lipinski definition) is 3. The van der Waals surface area contributed by atoms with Crippen molar-refractivity contribution in [2.75, 3.05) is 48.3 Å². The molecule has 0 bridgehead atoms. The second-order valence-electron chi connectivity index (χ2n) is 3.54. The van der Waals surface area contributed by atoms with Gasteiger partial charge in [-0.3, -0.25) is 0 Å². The minimum absolute atomic E-state index is 1.02. The molecule has 0 aliphatic rings. The van der Waals surface area contributed by atoms with Gasteiger partial charge in [0, 0.05) is 34.2 Å². The molecule has 0 radical (unpaired) electrons. The van der Waals surface area contributed by atoms with Gasteiger partial charge in [-0.15, -0.1) is 0 Å². The molecule has 0 saturated carbocycles. The molecule has 12 heavy (non-hydrogen) atoms. The van der Waals surface area contributed by atoms with Crippen LogP contribution in [0.3, 0.4) is 0 Å². The predicted molar refractivity (Wildman–Crippen MR) is 54.0 cm³/mol. The first-order valence-corrected chi connectivity index (χ1v) is 4.17. The summed E-state index contributed by atoms with van der Waals surface area (Å²) in [6.45, 7) is 6.04. The molecule has 0 heterocycles. The van der Waals surface area contributed by atoms with Crippen LogP contribution in [0.15, 0.2) is 12.4 Å². The van der Waals surface area contributed by atoms with Crippen LogP contribution in [-0.2, 0) is 0 Å². The summed E-state index contributed by atoms with van der Waals surface area (Å²) in [5.74, 6) is 1.05. The Bertz CT molecular complexity index is 141. The zero-order valence-corrected chi connectivity index (χ0v) is 8.96. The second-order valence-corrected chi connectivity index (χ2v) is 3.54. The highest BCUT2D eigenvalue weighted by Gasteiger charge is 2.02. The maximum atomic E-state index is 3.97. The molecule has 0 rings (SSSR count). The van der Waals surface area contributed by atoms with Gasteiger partial charge < -0.3 is 14.7 Å². The van der Waals surface area contributed by atoms with Crippen molar-refractivity contribution in [3.8, 4) is 0 Å². The van der Waals surface area contributed by atoms with Gasteiger partial charge in [-0.1, -0.05) is 6.58 Å². The van der Waals surface area contributed by atoms with E-state index in [0.717, 1.165) is 18.9 Å². The van der Waals surface area contributed by atoms with E-state index in [1.807, 2.05) is 19.0 Å². The summed E-state index contributed by atoms with van der Waals surface area (Å²) in [4.78, 5) is 6.34. The molecule has 0 aromatic heterocycles. The van der Waals surface area contributed by atoms with E-state index >= 15 is 0 Å². The highest BCUT2D eigenvalue weighted by atomic mass is 15.3. The van der Waals surface area contributed by atoms with Gasteiger partial charge in [0.1, 0.15) is 0 Å². The summed E-state index contributed by atoms with van der Waals surface area (Å²) in [5.41, 5.74) is 0. The van der Waals surface area contributed by atoms with Crippen molar-refractivity contribution in [1.29, 1.82) is 0 Å². The topological polar surface area (TPSA) is 9.72 Å². The number of rotatable bonds is 5. The van der Waals surface area contributed by atoms with Crippen molar-refractivity contribution in [1.82, 2.24) is 14.7 Å². The minimum atomic E-state index is 1.02. The number of likely N-dealkylation sites (N-methyl/N-ethyl adjacent to an activating group) is 2. The van der Waals surface area contributed by atoms with Crippen LogP contribution in [0, 0.1) is 0 Å². The van der Waals surface area contributed by atoms with Crippen molar-refractivity contribution < 1.29 is 0 Å². The van der Waals surface area contributed by atoms with Crippen LogP contribution in [-0.4, -0.2) is 63.0 Å². The molecule has 0 fully saturated rings.